The van der Waals surface area contributed by atoms with E-state index >= 15 is 0 Å². The van der Waals surface area contributed by atoms with Gasteiger partial charge in [-0.25, -0.2) is 0 Å². The summed E-state index contributed by atoms with van der Waals surface area (Å²) in [6.45, 7) is 6.65. The largest absolute Gasteiger partial charge is 0.462 e. The van der Waals surface area contributed by atoms with E-state index in [9.17, 15) is 14.4 Å². The monoisotopic (exact) mass is 983 g/mol. The van der Waals surface area contributed by atoms with E-state index in [0.717, 1.165) is 64.2 Å². The molecule has 0 bridgehead atoms. The van der Waals surface area contributed by atoms with E-state index in [-0.39, 0.29) is 31.1 Å². The third-order valence-electron chi connectivity index (χ3n) is 13.9. The van der Waals surface area contributed by atoms with Crippen LogP contribution in [0.25, 0.3) is 0 Å². The second-order valence-electron chi connectivity index (χ2n) is 21.0. The van der Waals surface area contributed by atoms with Crippen LogP contribution in [0.15, 0.2) is 36.5 Å². The highest BCUT2D eigenvalue weighted by Gasteiger charge is 2.19. The second kappa shape index (κ2) is 59.2. The van der Waals surface area contributed by atoms with E-state index < -0.39 is 6.10 Å². The highest BCUT2D eigenvalue weighted by molar-refractivity contribution is 5.71. The molecule has 6 nitrogen and oxygen atoms in total. The van der Waals surface area contributed by atoms with Crippen molar-refractivity contribution in [3.8, 4) is 0 Å². The Labute approximate surface area is 435 Å². The van der Waals surface area contributed by atoms with Crippen LogP contribution in [0.5, 0.6) is 0 Å². The van der Waals surface area contributed by atoms with Gasteiger partial charge in [0, 0.05) is 19.3 Å². The van der Waals surface area contributed by atoms with Crippen molar-refractivity contribution in [2.45, 2.75) is 341 Å². The Morgan fingerprint density at radius 1 is 0.286 bits per heavy atom. The number of hydrogen-bond donors (Lipinski definition) is 0. The first-order valence-corrected chi connectivity index (χ1v) is 31.0. The summed E-state index contributed by atoms with van der Waals surface area (Å²) in [6.07, 6.45) is 71.4. The zero-order chi connectivity index (χ0) is 50.7. The molecule has 1 atom stereocenters. The summed E-state index contributed by atoms with van der Waals surface area (Å²) < 4.78 is 16.9. The van der Waals surface area contributed by atoms with Gasteiger partial charge in [0.05, 0.1) is 0 Å². The number of hydrogen-bond acceptors (Lipinski definition) is 6. The highest BCUT2D eigenvalue weighted by atomic mass is 16.6. The summed E-state index contributed by atoms with van der Waals surface area (Å²) in [5.41, 5.74) is 0. The Hall–Kier alpha value is -2.37. The molecule has 0 aromatic rings. The van der Waals surface area contributed by atoms with Gasteiger partial charge in [0.1, 0.15) is 13.2 Å². The summed E-state index contributed by atoms with van der Waals surface area (Å²) in [7, 11) is 0. The summed E-state index contributed by atoms with van der Waals surface area (Å²) in [5, 5.41) is 0. The Balaban J connectivity index is 4.34. The second-order valence-corrected chi connectivity index (χ2v) is 21.0. The normalized spacial score (nSPS) is 12.2. The van der Waals surface area contributed by atoms with Crippen LogP contribution in [0.3, 0.4) is 0 Å². The molecule has 0 saturated carbocycles. The van der Waals surface area contributed by atoms with E-state index in [0.29, 0.717) is 19.3 Å². The number of allylic oxidation sites excluding steroid dienone is 6. The molecule has 410 valence electrons. The minimum Gasteiger partial charge on any atom is -0.462 e. The zero-order valence-electron chi connectivity index (χ0n) is 47.1. The van der Waals surface area contributed by atoms with Gasteiger partial charge in [0.25, 0.3) is 0 Å². The van der Waals surface area contributed by atoms with E-state index in [1.165, 1.54) is 231 Å². The van der Waals surface area contributed by atoms with Crippen molar-refractivity contribution in [1.82, 2.24) is 0 Å². The lowest BCUT2D eigenvalue weighted by Gasteiger charge is -2.18. The molecule has 0 rings (SSSR count). The number of unbranched alkanes of at least 4 members (excludes halogenated alkanes) is 41. The summed E-state index contributed by atoms with van der Waals surface area (Å²) >= 11 is 0. The van der Waals surface area contributed by atoms with Gasteiger partial charge in [-0.1, -0.05) is 282 Å². The fourth-order valence-electron chi connectivity index (χ4n) is 9.20. The van der Waals surface area contributed by atoms with Gasteiger partial charge in [-0.3, -0.25) is 14.4 Å². The van der Waals surface area contributed by atoms with Crippen LogP contribution in [0.4, 0.5) is 0 Å². The molecule has 6 heteroatoms. The van der Waals surface area contributed by atoms with Crippen molar-refractivity contribution in [2.75, 3.05) is 13.2 Å². The van der Waals surface area contributed by atoms with Crippen LogP contribution >= 0.6 is 0 Å². The molecule has 0 aliphatic rings. The maximum atomic E-state index is 12.9. The van der Waals surface area contributed by atoms with Gasteiger partial charge in [-0.2, -0.15) is 0 Å². The molecule has 0 N–H and O–H groups in total. The topological polar surface area (TPSA) is 78.9 Å². The lowest BCUT2D eigenvalue weighted by atomic mass is 10.0. The Bertz CT molecular complexity index is 1170. The molecule has 0 aromatic carbocycles. The number of carbonyl (C=O) groups excluding carboxylic acids is 3. The molecule has 0 spiro atoms. The summed E-state index contributed by atoms with van der Waals surface area (Å²) in [4.78, 5) is 38.3. The molecule has 0 aliphatic heterocycles. The molecule has 0 saturated heterocycles. The van der Waals surface area contributed by atoms with Crippen LogP contribution < -0.4 is 0 Å². The van der Waals surface area contributed by atoms with Gasteiger partial charge >= 0.3 is 17.9 Å². The lowest BCUT2D eigenvalue weighted by Crippen LogP contribution is -2.30. The maximum absolute atomic E-state index is 12.9. The van der Waals surface area contributed by atoms with Crippen molar-refractivity contribution in [1.29, 1.82) is 0 Å². The first kappa shape index (κ1) is 67.6. The fraction of sp³-hybridized carbons (Fsp3) is 0.859. The van der Waals surface area contributed by atoms with Crippen LogP contribution in [-0.2, 0) is 28.6 Å². The Morgan fingerprint density at radius 3 is 0.829 bits per heavy atom. The van der Waals surface area contributed by atoms with E-state index in [1.807, 2.05) is 0 Å². The van der Waals surface area contributed by atoms with E-state index in [4.69, 9.17) is 14.2 Å². The fourth-order valence-corrected chi connectivity index (χ4v) is 9.20. The SMILES string of the molecule is CCCCC/C=C\C=C/CCCCCCCCC(=O)OCC(COC(=O)CCCCCCCCC/C=C\CCCCCCCCCC)OC(=O)CCCCCCCCCCCCCCCCCCCC. The number of ether oxygens (including phenoxy) is 3. The molecule has 0 aliphatic carbocycles. The van der Waals surface area contributed by atoms with Crippen LogP contribution in [0.2, 0.25) is 0 Å². The lowest BCUT2D eigenvalue weighted by molar-refractivity contribution is -0.167. The first-order valence-electron chi connectivity index (χ1n) is 31.0. The summed E-state index contributed by atoms with van der Waals surface area (Å²) in [5.74, 6) is -0.868. The minimum atomic E-state index is -0.776. The van der Waals surface area contributed by atoms with Gasteiger partial charge in [-0.05, 0) is 70.6 Å². The third-order valence-corrected chi connectivity index (χ3v) is 13.9. The van der Waals surface area contributed by atoms with Crippen molar-refractivity contribution in [3.63, 3.8) is 0 Å². The predicted molar refractivity (Wildman–Crippen MR) is 302 cm³/mol. The quantitative estimate of drug-likeness (QED) is 0.0199. The zero-order valence-corrected chi connectivity index (χ0v) is 47.1. The predicted octanol–water partition coefficient (Wildman–Crippen LogP) is 20.8. The molecule has 0 amide bonds. The van der Waals surface area contributed by atoms with Crippen LogP contribution in [0.1, 0.15) is 335 Å². The van der Waals surface area contributed by atoms with Gasteiger partial charge in [0.2, 0.25) is 0 Å². The van der Waals surface area contributed by atoms with Gasteiger partial charge in [-0.15, -0.1) is 0 Å². The van der Waals surface area contributed by atoms with Gasteiger partial charge < -0.3 is 14.2 Å². The van der Waals surface area contributed by atoms with Crippen molar-refractivity contribution < 1.29 is 28.6 Å². The van der Waals surface area contributed by atoms with Crippen molar-refractivity contribution >= 4 is 17.9 Å². The molecule has 70 heavy (non-hydrogen) atoms. The molecule has 1 unspecified atom stereocenters. The van der Waals surface area contributed by atoms with Crippen LogP contribution in [0, 0.1) is 0 Å². The molecule has 0 fully saturated rings. The molecular weight excluding hydrogens is 865 g/mol. The number of rotatable bonds is 57. The molecule has 0 radical (unpaired) electrons. The Morgan fingerprint density at radius 2 is 0.514 bits per heavy atom. The van der Waals surface area contributed by atoms with Crippen molar-refractivity contribution in [3.05, 3.63) is 36.5 Å². The third kappa shape index (κ3) is 56.5. The molecule has 0 aromatic heterocycles. The van der Waals surface area contributed by atoms with Crippen LogP contribution in [-0.4, -0.2) is 37.2 Å². The Kier molecular flexibility index (Phi) is 57.2. The molecular formula is C64H118O6. The standard InChI is InChI=1S/C64H118O6/c1-4-7-10-13-16-19-22-25-28-30-32-34-36-39-42-45-48-51-54-57-63(66)69-60-61(59-68-62(65)56-53-50-47-44-41-38-35-27-24-21-18-15-12-9-6-3)70-64(67)58-55-52-49-46-43-40-37-33-31-29-26-23-20-17-14-11-8-5-2/h18,21,24,27,30,32,61H,4-17,19-20,22-23,25-26,28-29,31,33-60H2,1-3H3/b21-18-,27-24-,32-30-. The average molecular weight is 984 g/mol. The highest BCUT2D eigenvalue weighted by Crippen LogP contribution is 2.17. The van der Waals surface area contributed by atoms with E-state index in [2.05, 4.69) is 57.2 Å². The average Bonchev–Trinajstić information content (AvgIpc) is 3.36. The minimum absolute atomic E-state index is 0.0744. The number of esters is 3. The van der Waals surface area contributed by atoms with E-state index in [1.54, 1.807) is 0 Å². The summed E-state index contributed by atoms with van der Waals surface area (Å²) in [6, 6.07) is 0. The van der Waals surface area contributed by atoms with Crippen molar-refractivity contribution in [2.24, 2.45) is 0 Å². The number of carbonyl (C=O) groups is 3. The molecule has 0 heterocycles. The smallest absolute Gasteiger partial charge is 0.306 e. The maximum Gasteiger partial charge on any atom is 0.306 e. The van der Waals surface area contributed by atoms with Gasteiger partial charge in [0.15, 0.2) is 6.10 Å². The first-order chi connectivity index (χ1) is 34.5.